The predicted molar refractivity (Wildman–Crippen MR) is 90.1 cm³/mol. The second-order valence-corrected chi connectivity index (χ2v) is 7.81. The first kappa shape index (κ1) is 14.7. The van der Waals surface area contributed by atoms with Crippen LogP contribution >= 0.6 is 0 Å². The van der Waals surface area contributed by atoms with Crippen LogP contribution in [0.1, 0.15) is 50.0 Å². The highest BCUT2D eigenvalue weighted by Gasteiger charge is 2.47. The molecule has 22 heavy (non-hydrogen) atoms. The molecule has 0 aromatic heterocycles. The minimum absolute atomic E-state index is 0.555. The number of ether oxygens (including phenoxy) is 1. The van der Waals surface area contributed by atoms with Crippen LogP contribution in [0.5, 0.6) is 0 Å². The molecular weight excluding hydrogens is 270 g/mol. The second kappa shape index (κ2) is 6.33. The fraction of sp³-hybridized carbons (Fsp3) is 0.700. The number of likely N-dealkylation sites (tertiary alicyclic amines) is 1. The zero-order chi connectivity index (χ0) is 14.8. The van der Waals surface area contributed by atoms with Crippen LogP contribution in [0.25, 0.3) is 0 Å². The summed E-state index contributed by atoms with van der Waals surface area (Å²) in [6.45, 7) is 5.81. The summed E-state index contributed by atoms with van der Waals surface area (Å²) in [7, 11) is 0. The molecule has 3 aliphatic rings. The van der Waals surface area contributed by atoms with Crippen LogP contribution < -0.4 is 0 Å². The normalized spacial score (nSPS) is 31.8. The molecule has 2 heterocycles. The van der Waals surface area contributed by atoms with Gasteiger partial charge in [0.15, 0.2) is 0 Å². The molecule has 2 heteroatoms. The third kappa shape index (κ3) is 2.83. The summed E-state index contributed by atoms with van der Waals surface area (Å²) < 4.78 is 5.59. The van der Waals surface area contributed by atoms with Gasteiger partial charge >= 0.3 is 0 Å². The Morgan fingerprint density at radius 2 is 1.91 bits per heavy atom. The first-order chi connectivity index (χ1) is 10.9. The van der Waals surface area contributed by atoms with Crippen molar-refractivity contribution in [1.82, 2.24) is 4.90 Å². The zero-order valence-electron chi connectivity index (χ0n) is 13.7. The van der Waals surface area contributed by atoms with Gasteiger partial charge in [-0.3, -0.25) is 0 Å². The number of rotatable bonds is 3. The maximum absolute atomic E-state index is 5.59. The van der Waals surface area contributed by atoms with Crippen molar-refractivity contribution >= 4 is 0 Å². The Bertz CT molecular complexity index is 474. The van der Waals surface area contributed by atoms with Crippen LogP contribution in [0, 0.1) is 11.3 Å². The van der Waals surface area contributed by atoms with Gasteiger partial charge < -0.3 is 9.64 Å². The van der Waals surface area contributed by atoms with E-state index in [4.69, 9.17) is 4.74 Å². The van der Waals surface area contributed by atoms with Gasteiger partial charge in [0.05, 0.1) is 6.61 Å². The van der Waals surface area contributed by atoms with Gasteiger partial charge in [-0.25, -0.2) is 0 Å². The lowest BCUT2D eigenvalue weighted by Crippen LogP contribution is -2.33. The summed E-state index contributed by atoms with van der Waals surface area (Å²) in [6.07, 6.45) is 8.45. The molecule has 0 amide bonds. The van der Waals surface area contributed by atoms with Gasteiger partial charge in [0.1, 0.15) is 0 Å². The third-order valence-electron chi connectivity index (χ3n) is 6.31. The molecule has 2 saturated heterocycles. The standard InChI is InChI=1S/C20H29NO/c1-3-7-18(8-4-1)19-14-21(13-17-9-12-22-15-17)16-20(19)10-5-2-6-11-20/h1,3-4,7-8,17,19H,2,5-6,9-16H2/t17-,19+/m0/s1. The molecule has 1 aromatic carbocycles. The van der Waals surface area contributed by atoms with Crippen molar-refractivity contribution in [2.75, 3.05) is 32.8 Å². The molecule has 0 unspecified atom stereocenters. The molecule has 2 nitrogen and oxygen atoms in total. The molecule has 1 aromatic rings. The van der Waals surface area contributed by atoms with E-state index in [-0.39, 0.29) is 0 Å². The summed E-state index contributed by atoms with van der Waals surface area (Å²) in [5.74, 6) is 1.52. The van der Waals surface area contributed by atoms with Crippen molar-refractivity contribution in [2.45, 2.75) is 44.4 Å². The Balaban J connectivity index is 1.54. The maximum atomic E-state index is 5.59. The topological polar surface area (TPSA) is 12.5 Å². The summed E-state index contributed by atoms with van der Waals surface area (Å²) >= 11 is 0. The van der Waals surface area contributed by atoms with Gasteiger partial charge in [-0.15, -0.1) is 0 Å². The average molecular weight is 299 g/mol. The van der Waals surface area contributed by atoms with Crippen LogP contribution in [0.2, 0.25) is 0 Å². The van der Waals surface area contributed by atoms with Gasteiger partial charge in [-0.05, 0) is 36.2 Å². The monoisotopic (exact) mass is 299 g/mol. The molecule has 0 N–H and O–H groups in total. The molecule has 0 radical (unpaired) electrons. The molecule has 2 aliphatic heterocycles. The Kier molecular flexibility index (Phi) is 4.23. The molecule has 4 rings (SSSR count). The van der Waals surface area contributed by atoms with Crippen LogP contribution in [0.15, 0.2) is 30.3 Å². The summed E-state index contributed by atoms with van der Waals surface area (Å²) in [5, 5.41) is 0. The van der Waals surface area contributed by atoms with Crippen molar-refractivity contribution < 1.29 is 4.74 Å². The third-order valence-corrected chi connectivity index (χ3v) is 6.31. The van der Waals surface area contributed by atoms with Gasteiger partial charge in [-0.2, -0.15) is 0 Å². The molecule has 120 valence electrons. The highest BCUT2D eigenvalue weighted by atomic mass is 16.5. The Morgan fingerprint density at radius 3 is 2.64 bits per heavy atom. The fourth-order valence-electron chi connectivity index (χ4n) is 5.21. The van der Waals surface area contributed by atoms with Gasteiger partial charge in [0.25, 0.3) is 0 Å². The number of nitrogens with zero attached hydrogens (tertiary/aromatic N) is 1. The molecule has 1 aliphatic carbocycles. The van der Waals surface area contributed by atoms with Crippen LogP contribution in [-0.2, 0) is 4.74 Å². The van der Waals surface area contributed by atoms with Crippen molar-refractivity contribution in [2.24, 2.45) is 11.3 Å². The largest absolute Gasteiger partial charge is 0.381 e. The van der Waals surface area contributed by atoms with Gasteiger partial charge in [0, 0.05) is 32.2 Å². The highest BCUT2D eigenvalue weighted by molar-refractivity contribution is 5.25. The van der Waals surface area contributed by atoms with Crippen molar-refractivity contribution in [3.8, 4) is 0 Å². The number of hydrogen-bond donors (Lipinski definition) is 0. The van der Waals surface area contributed by atoms with E-state index < -0.39 is 0 Å². The van der Waals surface area contributed by atoms with E-state index in [1.807, 2.05) is 0 Å². The molecule has 2 atom stereocenters. The van der Waals surface area contributed by atoms with E-state index >= 15 is 0 Å². The van der Waals surface area contributed by atoms with Crippen LogP contribution in [0.3, 0.4) is 0 Å². The molecular formula is C20H29NO. The summed E-state index contributed by atoms with van der Waals surface area (Å²) in [6, 6.07) is 11.3. The average Bonchev–Trinajstić information content (AvgIpc) is 3.18. The lowest BCUT2D eigenvalue weighted by atomic mass is 9.66. The van der Waals surface area contributed by atoms with E-state index in [1.165, 1.54) is 58.2 Å². The van der Waals surface area contributed by atoms with Gasteiger partial charge in [-0.1, -0.05) is 49.6 Å². The van der Waals surface area contributed by atoms with E-state index in [0.717, 1.165) is 25.0 Å². The molecule has 0 bridgehead atoms. The number of benzene rings is 1. The Hall–Kier alpha value is -0.860. The minimum atomic E-state index is 0.555. The zero-order valence-corrected chi connectivity index (χ0v) is 13.7. The fourth-order valence-corrected chi connectivity index (χ4v) is 5.21. The maximum Gasteiger partial charge on any atom is 0.0507 e. The van der Waals surface area contributed by atoms with Crippen LogP contribution in [-0.4, -0.2) is 37.7 Å². The molecule has 3 fully saturated rings. The van der Waals surface area contributed by atoms with Crippen molar-refractivity contribution in [3.05, 3.63) is 35.9 Å². The Labute approximate surface area is 134 Å². The lowest BCUT2D eigenvalue weighted by Gasteiger charge is -2.38. The summed E-state index contributed by atoms with van der Waals surface area (Å²) in [5.41, 5.74) is 2.13. The van der Waals surface area contributed by atoms with Crippen molar-refractivity contribution in [1.29, 1.82) is 0 Å². The van der Waals surface area contributed by atoms with Crippen molar-refractivity contribution in [3.63, 3.8) is 0 Å². The minimum Gasteiger partial charge on any atom is -0.381 e. The Morgan fingerprint density at radius 1 is 1.09 bits per heavy atom. The quantitative estimate of drug-likeness (QED) is 0.834. The SMILES string of the molecule is c1ccc([C@H]2CN(C[C@@H]3CCOC3)CC23CCCCC3)cc1. The summed E-state index contributed by atoms with van der Waals surface area (Å²) in [4.78, 5) is 2.77. The van der Waals surface area contributed by atoms with E-state index in [1.54, 1.807) is 5.56 Å². The lowest BCUT2D eigenvalue weighted by molar-refractivity contribution is 0.152. The first-order valence-electron chi connectivity index (χ1n) is 9.21. The van der Waals surface area contributed by atoms with E-state index in [0.29, 0.717) is 5.41 Å². The second-order valence-electron chi connectivity index (χ2n) is 7.81. The highest BCUT2D eigenvalue weighted by Crippen LogP contribution is 2.52. The van der Waals surface area contributed by atoms with Crippen LogP contribution in [0.4, 0.5) is 0 Å². The predicted octanol–water partition coefficient (Wildman–Crippen LogP) is 4.07. The first-order valence-corrected chi connectivity index (χ1v) is 9.21. The van der Waals surface area contributed by atoms with E-state index in [2.05, 4.69) is 35.2 Å². The smallest absolute Gasteiger partial charge is 0.0507 e. The molecule has 1 spiro atoms. The molecule has 1 saturated carbocycles. The van der Waals surface area contributed by atoms with E-state index in [9.17, 15) is 0 Å². The van der Waals surface area contributed by atoms with Gasteiger partial charge in [0.2, 0.25) is 0 Å². The number of hydrogen-bond acceptors (Lipinski definition) is 2.